The second-order valence-corrected chi connectivity index (χ2v) is 8.83. The van der Waals surface area contributed by atoms with Gasteiger partial charge in [-0.05, 0) is 30.5 Å². The summed E-state index contributed by atoms with van der Waals surface area (Å²) in [6.45, 7) is 1.62. The van der Waals surface area contributed by atoms with Crippen LogP contribution in [0.25, 0.3) is 0 Å². The smallest absolute Gasteiger partial charge is 0.181 e. The zero-order valence-electron chi connectivity index (χ0n) is 16.3. The van der Waals surface area contributed by atoms with E-state index in [2.05, 4.69) is 28.2 Å². The lowest BCUT2D eigenvalue weighted by atomic mass is 9.85. The van der Waals surface area contributed by atoms with Crippen molar-refractivity contribution in [3.05, 3.63) is 80.6 Å². The molecule has 2 aromatic rings. The number of nitrogens with zero attached hydrogens (tertiary/aromatic N) is 2. The molecular formula is C23H23Cl2N3O. The average molecular weight is 428 g/mol. The van der Waals surface area contributed by atoms with Crippen molar-refractivity contribution >= 4 is 29.0 Å². The van der Waals surface area contributed by atoms with Crippen LogP contribution in [0.2, 0.25) is 10.0 Å². The molecule has 0 spiro atoms. The fraction of sp³-hybridized carbons (Fsp3) is 0.348. The Morgan fingerprint density at radius 2 is 1.83 bits per heavy atom. The van der Waals surface area contributed by atoms with Gasteiger partial charge in [0.1, 0.15) is 6.17 Å². The predicted molar refractivity (Wildman–Crippen MR) is 116 cm³/mol. The molecule has 0 saturated heterocycles. The Labute approximate surface area is 181 Å². The van der Waals surface area contributed by atoms with Crippen LogP contribution in [0.15, 0.2) is 53.9 Å². The van der Waals surface area contributed by atoms with Gasteiger partial charge >= 0.3 is 0 Å². The molecule has 0 fully saturated rings. The van der Waals surface area contributed by atoms with Gasteiger partial charge < -0.3 is 10.2 Å². The molecule has 0 amide bonds. The van der Waals surface area contributed by atoms with Crippen LogP contribution in [0, 0.1) is 0 Å². The van der Waals surface area contributed by atoms with Crippen LogP contribution in [0.1, 0.15) is 40.5 Å². The summed E-state index contributed by atoms with van der Waals surface area (Å²) in [4.78, 5) is 17.8. The van der Waals surface area contributed by atoms with E-state index >= 15 is 0 Å². The number of halogens is 2. The Morgan fingerprint density at radius 3 is 2.66 bits per heavy atom. The standard InChI is InChI=1S/C23H23Cl2N3O/c1-27-19-11-12-28(13-18(19)26-23(27)15-6-2-3-7-16(15)24)20-10-9-14-5-4-8-17(25)21(14)22(20)29/h2-8,20,23,26H,9-13H2,1H3. The molecule has 2 aromatic carbocycles. The molecule has 3 aliphatic rings. The largest absolute Gasteiger partial charge is 0.362 e. The molecule has 2 heterocycles. The van der Waals surface area contributed by atoms with E-state index in [-0.39, 0.29) is 18.0 Å². The number of rotatable bonds is 2. The molecule has 1 aliphatic carbocycles. The molecule has 0 aromatic heterocycles. The van der Waals surface area contributed by atoms with E-state index in [1.54, 1.807) is 0 Å². The fourth-order valence-electron chi connectivity index (χ4n) is 4.95. The number of Topliss-reactive ketones (excluding diaryl/α,β-unsaturated/α-hetero) is 1. The summed E-state index contributed by atoms with van der Waals surface area (Å²) in [5.74, 6) is 0.162. The second-order valence-electron chi connectivity index (χ2n) is 8.02. The van der Waals surface area contributed by atoms with E-state index in [4.69, 9.17) is 23.2 Å². The van der Waals surface area contributed by atoms with Gasteiger partial charge in [0.05, 0.1) is 11.1 Å². The lowest BCUT2D eigenvalue weighted by Crippen LogP contribution is -2.47. The number of fused-ring (bicyclic) bond motifs is 1. The van der Waals surface area contributed by atoms with Gasteiger partial charge in [-0.15, -0.1) is 0 Å². The maximum Gasteiger partial charge on any atom is 0.181 e. The first-order valence-corrected chi connectivity index (χ1v) is 10.8. The summed E-state index contributed by atoms with van der Waals surface area (Å²) < 4.78 is 0. The second kappa shape index (κ2) is 7.35. The third kappa shape index (κ3) is 3.14. The molecule has 0 saturated carbocycles. The summed E-state index contributed by atoms with van der Waals surface area (Å²) in [6, 6.07) is 13.6. The monoisotopic (exact) mass is 427 g/mol. The molecule has 0 radical (unpaired) electrons. The molecule has 6 heteroatoms. The Morgan fingerprint density at radius 1 is 1.03 bits per heavy atom. The molecule has 2 atom stereocenters. The SMILES string of the molecule is CN1C2=C(CN(C3CCc4cccc(Cl)c4C3=O)CC2)NC1c1ccccc1Cl. The van der Waals surface area contributed by atoms with Crippen LogP contribution >= 0.6 is 23.2 Å². The van der Waals surface area contributed by atoms with Gasteiger partial charge in [0, 0.05) is 54.1 Å². The fourth-order valence-corrected chi connectivity index (χ4v) is 5.48. The molecule has 0 bridgehead atoms. The Kier molecular flexibility index (Phi) is 4.81. The Bertz CT molecular complexity index is 1020. The third-order valence-electron chi connectivity index (χ3n) is 6.45. The predicted octanol–water partition coefficient (Wildman–Crippen LogP) is 4.64. The molecule has 2 unspecified atom stereocenters. The van der Waals surface area contributed by atoms with Gasteiger partial charge in [0.15, 0.2) is 5.78 Å². The van der Waals surface area contributed by atoms with Crippen LogP contribution in [0.4, 0.5) is 0 Å². The van der Waals surface area contributed by atoms with Gasteiger partial charge in [-0.1, -0.05) is 53.5 Å². The van der Waals surface area contributed by atoms with Gasteiger partial charge in [0.2, 0.25) is 0 Å². The van der Waals surface area contributed by atoms with Crippen LogP contribution in [0.3, 0.4) is 0 Å². The molecule has 1 N–H and O–H groups in total. The first-order valence-electron chi connectivity index (χ1n) is 10.1. The zero-order valence-corrected chi connectivity index (χ0v) is 17.8. The lowest BCUT2D eigenvalue weighted by molar-refractivity contribution is 0.0792. The van der Waals surface area contributed by atoms with Crippen molar-refractivity contribution in [2.45, 2.75) is 31.5 Å². The number of carbonyl (C=O) groups excluding carboxylic acids is 1. The van der Waals surface area contributed by atoms with Crippen molar-refractivity contribution in [3.63, 3.8) is 0 Å². The quantitative estimate of drug-likeness (QED) is 0.756. The van der Waals surface area contributed by atoms with E-state index in [0.717, 1.165) is 54.1 Å². The van der Waals surface area contributed by atoms with Crippen LogP contribution in [-0.4, -0.2) is 41.8 Å². The van der Waals surface area contributed by atoms with Crippen molar-refractivity contribution in [1.82, 2.24) is 15.1 Å². The van der Waals surface area contributed by atoms with E-state index in [9.17, 15) is 4.79 Å². The van der Waals surface area contributed by atoms with Gasteiger partial charge in [-0.2, -0.15) is 0 Å². The minimum absolute atomic E-state index is 0.0332. The zero-order chi connectivity index (χ0) is 20.1. The van der Waals surface area contributed by atoms with Gasteiger partial charge in [0.25, 0.3) is 0 Å². The van der Waals surface area contributed by atoms with Crippen LogP contribution in [0.5, 0.6) is 0 Å². The van der Waals surface area contributed by atoms with Crippen molar-refractivity contribution in [2.24, 2.45) is 0 Å². The summed E-state index contributed by atoms with van der Waals surface area (Å²) in [7, 11) is 2.11. The van der Waals surface area contributed by atoms with Gasteiger partial charge in [-0.25, -0.2) is 0 Å². The van der Waals surface area contributed by atoms with E-state index in [1.165, 1.54) is 11.4 Å². The Hall–Kier alpha value is -2.01. The normalized spacial score (nSPS) is 24.4. The number of benzene rings is 2. The highest BCUT2D eigenvalue weighted by Crippen LogP contribution is 2.38. The van der Waals surface area contributed by atoms with Gasteiger partial charge in [-0.3, -0.25) is 9.69 Å². The van der Waals surface area contributed by atoms with Crippen molar-refractivity contribution < 1.29 is 4.79 Å². The highest BCUT2D eigenvalue weighted by molar-refractivity contribution is 6.34. The number of hydrogen-bond donors (Lipinski definition) is 1. The molecular weight excluding hydrogens is 405 g/mol. The third-order valence-corrected chi connectivity index (χ3v) is 7.11. The first-order chi connectivity index (χ1) is 14.0. The maximum absolute atomic E-state index is 13.2. The highest BCUT2D eigenvalue weighted by Gasteiger charge is 2.39. The highest BCUT2D eigenvalue weighted by atomic mass is 35.5. The number of nitrogens with one attached hydrogen (secondary N) is 1. The van der Waals surface area contributed by atoms with Crippen molar-refractivity contribution in [3.8, 4) is 0 Å². The molecule has 5 rings (SSSR count). The Balaban J connectivity index is 1.37. The topological polar surface area (TPSA) is 35.6 Å². The molecule has 4 nitrogen and oxygen atoms in total. The molecule has 150 valence electrons. The van der Waals surface area contributed by atoms with Crippen LogP contribution < -0.4 is 5.32 Å². The van der Waals surface area contributed by atoms with E-state index in [0.29, 0.717) is 5.02 Å². The molecule has 29 heavy (non-hydrogen) atoms. The molecule has 2 aliphatic heterocycles. The number of ketones is 1. The minimum Gasteiger partial charge on any atom is -0.362 e. The van der Waals surface area contributed by atoms with Crippen molar-refractivity contribution in [2.75, 3.05) is 20.1 Å². The summed E-state index contributed by atoms with van der Waals surface area (Å²) in [5.41, 5.74) is 5.38. The lowest BCUT2D eigenvalue weighted by Gasteiger charge is -2.37. The maximum atomic E-state index is 13.2. The average Bonchev–Trinajstić information content (AvgIpc) is 3.04. The number of hydrogen-bond acceptors (Lipinski definition) is 4. The number of aryl methyl sites for hydroxylation is 1. The van der Waals surface area contributed by atoms with E-state index in [1.807, 2.05) is 36.4 Å². The summed E-state index contributed by atoms with van der Waals surface area (Å²) in [6.07, 6.45) is 2.69. The number of carbonyl (C=O) groups is 1. The first kappa shape index (κ1) is 19.0. The minimum atomic E-state index is -0.108. The van der Waals surface area contributed by atoms with Crippen molar-refractivity contribution in [1.29, 1.82) is 0 Å². The van der Waals surface area contributed by atoms with E-state index < -0.39 is 0 Å². The summed E-state index contributed by atoms with van der Waals surface area (Å²) >= 11 is 12.8. The van der Waals surface area contributed by atoms with Crippen LogP contribution in [-0.2, 0) is 6.42 Å². The summed E-state index contributed by atoms with van der Waals surface area (Å²) in [5, 5.41) is 5.00.